The van der Waals surface area contributed by atoms with Crippen LogP contribution < -0.4 is 5.56 Å². The van der Waals surface area contributed by atoms with Gasteiger partial charge in [-0.3, -0.25) is 9.36 Å². The number of aromatic nitrogens is 2. The van der Waals surface area contributed by atoms with Crippen LogP contribution in [0.2, 0.25) is 0 Å². The van der Waals surface area contributed by atoms with E-state index in [9.17, 15) is 4.79 Å². The highest BCUT2D eigenvalue weighted by molar-refractivity contribution is 9.10. The highest BCUT2D eigenvalue weighted by Crippen LogP contribution is 2.22. The fraction of sp³-hybridized carbons (Fsp3) is 0.125. The molecule has 20 heavy (non-hydrogen) atoms. The lowest BCUT2D eigenvalue weighted by Gasteiger charge is -2.11. The molecule has 0 saturated heterocycles. The standard InChI is InChI=1S/C16H13BrN2O/c1-10-5-3-6-12-15(10)18-9-19(16(12)20)14-8-4-7-13(17)11(14)2/h3-9H,1-2H3. The largest absolute Gasteiger partial charge is 0.268 e. The van der Waals surface area contributed by atoms with Gasteiger partial charge in [-0.15, -0.1) is 0 Å². The Hall–Kier alpha value is -1.94. The van der Waals surface area contributed by atoms with Crippen LogP contribution in [-0.4, -0.2) is 9.55 Å². The molecule has 1 aromatic heterocycles. The van der Waals surface area contributed by atoms with Gasteiger partial charge in [-0.05, 0) is 43.2 Å². The molecule has 0 radical (unpaired) electrons. The van der Waals surface area contributed by atoms with Gasteiger partial charge in [0.05, 0.1) is 16.6 Å². The lowest BCUT2D eigenvalue weighted by molar-refractivity contribution is 0.949. The first-order chi connectivity index (χ1) is 9.59. The summed E-state index contributed by atoms with van der Waals surface area (Å²) in [6, 6.07) is 11.5. The van der Waals surface area contributed by atoms with E-state index in [2.05, 4.69) is 20.9 Å². The maximum Gasteiger partial charge on any atom is 0.265 e. The second kappa shape index (κ2) is 4.87. The van der Waals surface area contributed by atoms with Gasteiger partial charge in [0.15, 0.2) is 0 Å². The van der Waals surface area contributed by atoms with E-state index in [1.165, 1.54) is 0 Å². The maximum absolute atomic E-state index is 12.7. The Morgan fingerprint density at radius 2 is 1.85 bits per heavy atom. The molecule has 0 bridgehead atoms. The molecule has 3 nitrogen and oxygen atoms in total. The van der Waals surface area contributed by atoms with E-state index in [4.69, 9.17) is 0 Å². The number of para-hydroxylation sites is 1. The van der Waals surface area contributed by atoms with Gasteiger partial charge in [-0.2, -0.15) is 0 Å². The van der Waals surface area contributed by atoms with Crippen LogP contribution in [0.25, 0.3) is 16.6 Å². The van der Waals surface area contributed by atoms with Gasteiger partial charge >= 0.3 is 0 Å². The van der Waals surface area contributed by atoms with Gasteiger partial charge in [0.1, 0.15) is 6.33 Å². The molecule has 0 spiro atoms. The second-order valence-electron chi connectivity index (χ2n) is 4.77. The third-order valence-electron chi connectivity index (χ3n) is 3.49. The van der Waals surface area contributed by atoms with Crippen molar-refractivity contribution in [3.63, 3.8) is 0 Å². The monoisotopic (exact) mass is 328 g/mol. The first kappa shape index (κ1) is 13.1. The molecule has 4 heteroatoms. The van der Waals surface area contributed by atoms with Crippen molar-refractivity contribution in [1.29, 1.82) is 0 Å². The van der Waals surface area contributed by atoms with Crippen molar-refractivity contribution < 1.29 is 0 Å². The Kier molecular flexibility index (Phi) is 3.18. The number of hydrogen-bond donors (Lipinski definition) is 0. The van der Waals surface area contributed by atoms with Crippen LogP contribution in [0.5, 0.6) is 0 Å². The molecule has 0 aliphatic heterocycles. The molecule has 3 rings (SSSR count). The van der Waals surface area contributed by atoms with Crippen LogP contribution in [0, 0.1) is 13.8 Å². The van der Waals surface area contributed by atoms with Crippen molar-refractivity contribution in [3.8, 4) is 5.69 Å². The van der Waals surface area contributed by atoms with Crippen LogP contribution in [-0.2, 0) is 0 Å². The van der Waals surface area contributed by atoms with Crippen molar-refractivity contribution in [2.24, 2.45) is 0 Å². The SMILES string of the molecule is Cc1c(Br)cccc1-n1cnc2c(C)cccc2c1=O. The van der Waals surface area contributed by atoms with E-state index < -0.39 is 0 Å². The molecule has 0 N–H and O–H groups in total. The second-order valence-corrected chi connectivity index (χ2v) is 5.63. The molecule has 0 amide bonds. The van der Waals surface area contributed by atoms with Crippen LogP contribution >= 0.6 is 15.9 Å². The van der Waals surface area contributed by atoms with Gasteiger partial charge in [0, 0.05) is 4.47 Å². The third-order valence-corrected chi connectivity index (χ3v) is 4.35. The minimum absolute atomic E-state index is 0.0418. The molecule has 0 fully saturated rings. The van der Waals surface area contributed by atoms with Crippen molar-refractivity contribution in [3.05, 3.63) is 68.7 Å². The summed E-state index contributed by atoms with van der Waals surface area (Å²) in [4.78, 5) is 17.1. The van der Waals surface area contributed by atoms with E-state index in [0.29, 0.717) is 5.39 Å². The normalized spacial score (nSPS) is 10.9. The fourth-order valence-electron chi connectivity index (χ4n) is 2.33. The molecule has 0 atom stereocenters. The zero-order valence-electron chi connectivity index (χ0n) is 11.2. The predicted octanol–water partition coefficient (Wildman–Crippen LogP) is 3.77. The molecular weight excluding hydrogens is 316 g/mol. The molecule has 2 aromatic carbocycles. The smallest absolute Gasteiger partial charge is 0.265 e. The fourth-order valence-corrected chi connectivity index (χ4v) is 2.68. The Labute approximate surface area is 125 Å². The first-order valence-electron chi connectivity index (χ1n) is 6.32. The number of benzene rings is 2. The summed E-state index contributed by atoms with van der Waals surface area (Å²) >= 11 is 3.49. The summed E-state index contributed by atoms with van der Waals surface area (Å²) in [5.74, 6) is 0. The van der Waals surface area contributed by atoms with Crippen molar-refractivity contribution in [2.75, 3.05) is 0 Å². The number of hydrogen-bond acceptors (Lipinski definition) is 2. The summed E-state index contributed by atoms with van der Waals surface area (Å²) in [6.45, 7) is 3.94. The van der Waals surface area contributed by atoms with Gasteiger partial charge in [-0.25, -0.2) is 4.98 Å². The van der Waals surface area contributed by atoms with Crippen LogP contribution in [0.4, 0.5) is 0 Å². The minimum atomic E-state index is -0.0418. The van der Waals surface area contributed by atoms with E-state index in [1.807, 2.05) is 50.2 Å². The summed E-state index contributed by atoms with van der Waals surface area (Å²) < 4.78 is 2.58. The summed E-state index contributed by atoms with van der Waals surface area (Å²) in [5, 5.41) is 0.645. The number of aryl methyl sites for hydroxylation is 1. The molecule has 1 heterocycles. The van der Waals surface area contributed by atoms with Gasteiger partial charge in [-0.1, -0.05) is 34.1 Å². The van der Waals surface area contributed by atoms with Gasteiger partial charge < -0.3 is 0 Å². The number of rotatable bonds is 1. The Morgan fingerprint density at radius 3 is 2.65 bits per heavy atom. The Bertz CT molecular complexity index is 868. The molecule has 0 aliphatic rings. The van der Waals surface area contributed by atoms with Crippen LogP contribution in [0.15, 0.2) is 52.0 Å². The van der Waals surface area contributed by atoms with E-state index in [1.54, 1.807) is 10.9 Å². The Morgan fingerprint density at radius 1 is 1.10 bits per heavy atom. The summed E-state index contributed by atoms with van der Waals surface area (Å²) in [7, 11) is 0. The van der Waals surface area contributed by atoms with E-state index >= 15 is 0 Å². The zero-order valence-corrected chi connectivity index (χ0v) is 12.8. The lowest BCUT2D eigenvalue weighted by Crippen LogP contribution is -2.20. The predicted molar refractivity (Wildman–Crippen MR) is 84.5 cm³/mol. The van der Waals surface area contributed by atoms with Crippen molar-refractivity contribution in [1.82, 2.24) is 9.55 Å². The highest BCUT2D eigenvalue weighted by Gasteiger charge is 2.10. The summed E-state index contributed by atoms with van der Waals surface area (Å²) in [6.07, 6.45) is 1.60. The highest BCUT2D eigenvalue weighted by atomic mass is 79.9. The molecule has 3 aromatic rings. The molecule has 0 aliphatic carbocycles. The Balaban J connectivity index is 2.36. The van der Waals surface area contributed by atoms with Crippen LogP contribution in [0.1, 0.15) is 11.1 Å². The number of halogens is 1. The van der Waals surface area contributed by atoms with Gasteiger partial charge in [0.25, 0.3) is 5.56 Å². The number of fused-ring (bicyclic) bond motifs is 1. The zero-order chi connectivity index (χ0) is 14.3. The van der Waals surface area contributed by atoms with Crippen molar-refractivity contribution >= 4 is 26.8 Å². The average Bonchev–Trinajstić information content (AvgIpc) is 2.44. The quantitative estimate of drug-likeness (QED) is 0.681. The minimum Gasteiger partial charge on any atom is -0.268 e. The van der Waals surface area contributed by atoms with Crippen LogP contribution in [0.3, 0.4) is 0 Å². The first-order valence-corrected chi connectivity index (χ1v) is 7.11. The molecule has 0 saturated carbocycles. The summed E-state index contributed by atoms with van der Waals surface area (Å²) in [5.41, 5.74) is 3.60. The van der Waals surface area contributed by atoms with E-state index in [-0.39, 0.29) is 5.56 Å². The maximum atomic E-state index is 12.7. The average molecular weight is 329 g/mol. The number of nitrogens with zero attached hydrogens (tertiary/aromatic N) is 2. The molecule has 100 valence electrons. The third kappa shape index (κ3) is 1.96. The topological polar surface area (TPSA) is 34.9 Å². The van der Waals surface area contributed by atoms with Gasteiger partial charge in [0.2, 0.25) is 0 Å². The van der Waals surface area contributed by atoms with Crippen molar-refractivity contribution in [2.45, 2.75) is 13.8 Å². The lowest BCUT2D eigenvalue weighted by atomic mass is 10.1. The van der Waals surface area contributed by atoms with E-state index in [0.717, 1.165) is 26.8 Å². The molecular formula is C16H13BrN2O. The molecule has 0 unspecified atom stereocenters.